The van der Waals surface area contributed by atoms with E-state index in [9.17, 15) is 9.90 Å². The number of aliphatic hydroxyl groups is 1. The smallest absolute Gasteiger partial charge is 0.415 e. The van der Waals surface area contributed by atoms with E-state index in [2.05, 4.69) is 4.90 Å². The van der Waals surface area contributed by atoms with Crippen molar-refractivity contribution in [2.45, 2.75) is 31.5 Å². The van der Waals surface area contributed by atoms with Crippen LogP contribution in [0, 0.1) is 0 Å². The van der Waals surface area contributed by atoms with Gasteiger partial charge < -0.3 is 33.9 Å². The van der Waals surface area contributed by atoms with Gasteiger partial charge in [0.25, 0.3) is 0 Å². The third-order valence-electron chi connectivity index (χ3n) is 6.25. The number of carbonyl (C=O) groups is 1. The van der Waals surface area contributed by atoms with Gasteiger partial charge in [-0.2, -0.15) is 0 Å². The summed E-state index contributed by atoms with van der Waals surface area (Å²) in [5.41, 5.74) is 1.74. The molecule has 32 heavy (non-hydrogen) atoms. The summed E-state index contributed by atoms with van der Waals surface area (Å²) in [7, 11) is 4.67. The number of piperidine rings is 1. The Kier molecular flexibility index (Phi) is 6.72. The summed E-state index contributed by atoms with van der Waals surface area (Å²) in [5.74, 6) is 2.19. The summed E-state index contributed by atoms with van der Waals surface area (Å²) in [6.45, 7) is 2.64. The van der Waals surface area contributed by atoms with Gasteiger partial charge in [0.1, 0.15) is 5.75 Å². The van der Waals surface area contributed by atoms with E-state index in [0.717, 1.165) is 31.5 Å². The Bertz CT molecular complexity index is 932. The number of likely N-dealkylation sites (tertiary alicyclic amines) is 1. The van der Waals surface area contributed by atoms with Crippen LogP contribution >= 0.6 is 0 Å². The molecular formula is C24H30N2O6. The van der Waals surface area contributed by atoms with Crippen molar-refractivity contribution in [3.05, 3.63) is 47.5 Å². The molecule has 1 atom stereocenters. The molecule has 0 saturated carbocycles. The normalized spacial score (nSPS) is 18.0. The first-order chi connectivity index (χ1) is 15.5. The van der Waals surface area contributed by atoms with Crippen LogP contribution in [0.2, 0.25) is 0 Å². The highest BCUT2D eigenvalue weighted by Gasteiger charge is 2.33. The molecule has 1 N–H and O–H groups in total. The second kappa shape index (κ2) is 9.67. The number of rotatable bonds is 7. The van der Waals surface area contributed by atoms with Crippen molar-refractivity contribution in [3.63, 3.8) is 0 Å². The number of benzene rings is 2. The Balaban J connectivity index is 1.37. The molecule has 1 unspecified atom stereocenters. The Labute approximate surface area is 188 Å². The van der Waals surface area contributed by atoms with Crippen LogP contribution in [-0.2, 0) is 6.54 Å². The van der Waals surface area contributed by atoms with E-state index in [1.54, 1.807) is 33.5 Å². The minimum absolute atomic E-state index is 0.130. The lowest BCUT2D eigenvalue weighted by atomic mass is 10.0. The number of amides is 1. The lowest BCUT2D eigenvalue weighted by molar-refractivity contribution is 0.0591. The van der Waals surface area contributed by atoms with E-state index in [-0.39, 0.29) is 12.1 Å². The van der Waals surface area contributed by atoms with Crippen LogP contribution in [-0.4, -0.2) is 68.0 Å². The van der Waals surface area contributed by atoms with Crippen molar-refractivity contribution in [1.29, 1.82) is 0 Å². The first-order valence-electron chi connectivity index (χ1n) is 10.8. The first-order valence-corrected chi connectivity index (χ1v) is 10.8. The SMILES string of the molecule is COc1cc(C(O)CN2CCC(N3Cc4ccccc4OC3=O)CC2)cc(OC)c1OC. The fourth-order valence-electron chi connectivity index (χ4n) is 4.47. The zero-order chi connectivity index (χ0) is 22.7. The van der Waals surface area contributed by atoms with E-state index >= 15 is 0 Å². The quantitative estimate of drug-likeness (QED) is 0.705. The molecule has 172 valence electrons. The third kappa shape index (κ3) is 4.47. The second-order valence-corrected chi connectivity index (χ2v) is 8.11. The molecule has 2 aromatic carbocycles. The summed E-state index contributed by atoms with van der Waals surface area (Å²) in [6, 6.07) is 11.4. The number of hydrogen-bond donors (Lipinski definition) is 1. The van der Waals surface area contributed by atoms with Crippen LogP contribution in [0.25, 0.3) is 0 Å². The highest BCUT2D eigenvalue weighted by Crippen LogP contribution is 2.40. The van der Waals surface area contributed by atoms with Gasteiger partial charge in [0.15, 0.2) is 11.5 Å². The van der Waals surface area contributed by atoms with Gasteiger partial charge in [-0.05, 0) is 36.6 Å². The maximum Gasteiger partial charge on any atom is 0.415 e. The first kappa shape index (κ1) is 22.2. The molecule has 2 aromatic rings. The monoisotopic (exact) mass is 442 g/mol. The van der Waals surface area contributed by atoms with Crippen LogP contribution in [0.3, 0.4) is 0 Å². The molecule has 8 heteroatoms. The van der Waals surface area contributed by atoms with Crippen LogP contribution < -0.4 is 18.9 Å². The van der Waals surface area contributed by atoms with Crippen LogP contribution in [0.1, 0.15) is 30.1 Å². The van der Waals surface area contributed by atoms with Gasteiger partial charge in [0, 0.05) is 31.2 Å². The number of methoxy groups -OCH3 is 3. The van der Waals surface area contributed by atoms with Crippen molar-refractivity contribution in [2.24, 2.45) is 0 Å². The number of nitrogens with zero attached hydrogens (tertiary/aromatic N) is 2. The van der Waals surface area contributed by atoms with Crippen molar-refractivity contribution in [3.8, 4) is 23.0 Å². The number of para-hydroxylation sites is 1. The van der Waals surface area contributed by atoms with Crippen molar-refractivity contribution in [1.82, 2.24) is 9.80 Å². The van der Waals surface area contributed by atoms with E-state index in [4.69, 9.17) is 18.9 Å². The predicted octanol–water partition coefficient (Wildman–Crippen LogP) is 3.22. The van der Waals surface area contributed by atoms with Gasteiger partial charge in [-0.25, -0.2) is 4.79 Å². The fourth-order valence-corrected chi connectivity index (χ4v) is 4.47. The number of hydrogen-bond acceptors (Lipinski definition) is 7. The zero-order valence-corrected chi connectivity index (χ0v) is 18.7. The van der Waals surface area contributed by atoms with E-state index in [1.165, 1.54) is 0 Å². The van der Waals surface area contributed by atoms with Crippen LogP contribution in [0.5, 0.6) is 23.0 Å². The topological polar surface area (TPSA) is 80.7 Å². The lowest BCUT2D eigenvalue weighted by Gasteiger charge is -2.40. The summed E-state index contributed by atoms with van der Waals surface area (Å²) >= 11 is 0. The summed E-state index contributed by atoms with van der Waals surface area (Å²) in [4.78, 5) is 16.5. The van der Waals surface area contributed by atoms with Gasteiger partial charge >= 0.3 is 6.09 Å². The number of carbonyl (C=O) groups excluding carboxylic acids is 1. The van der Waals surface area contributed by atoms with Crippen molar-refractivity contribution in [2.75, 3.05) is 41.0 Å². The maximum absolute atomic E-state index is 12.5. The standard InChI is InChI=1S/C24H30N2O6/c1-29-21-12-17(13-22(30-2)23(21)31-3)19(27)15-25-10-8-18(9-11-25)26-14-16-6-4-5-7-20(16)32-24(26)28/h4-7,12-13,18-19,27H,8-11,14-15H2,1-3H3. The van der Waals surface area contributed by atoms with E-state index < -0.39 is 6.10 Å². The number of β-amino-alcohol motifs (C(OH)–C–C–N with tert-alkyl or cyclic N) is 1. The largest absolute Gasteiger partial charge is 0.493 e. The lowest BCUT2D eigenvalue weighted by Crippen LogP contribution is -2.49. The summed E-state index contributed by atoms with van der Waals surface area (Å²) in [5, 5.41) is 10.9. The fraction of sp³-hybridized carbons (Fsp3) is 0.458. The molecule has 4 rings (SSSR count). The predicted molar refractivity (Wildman–Crippen MR) is 119 cm³/mol. The average molecular weight is 443 g/mol. The summed E-state index contributed by atoms with van der Waals surface area (Å²) < 4.78 is 21.7. The Morgan fingerprint density at radius 2 is 1.72 bits per heavy atom. The number of fused-ring (bicyclic) bond motifs is 1. The molecule has 0 radical (unpaired) electrons. The summed E-state index contributed by atoms with van der Waals surface area (Å²) in [6.07, 6.45) is 0.685. The van der Waals surface area contributed by atoms with Gasteiger partial charge in [-0.3, -0.25) is 0 Å². The van der Waals surface area contributed by atoms with Crippen molar-refractivity contribution >= 4 is 6.09 Å². The maximum atomic E-state index is 12.5. The van der Waals surface area contributed by atoms with Gasteiger partial charge in [-0.1, -0.05) is 18.2 Å². The minimum Gasteiger partial charge on any atom is -0.493 e. The molecule has 0 aliphatic carbocycles. The minimum atomic E-state index is -0.702. The molecule has 0 aromatic heterocycles. The molecule has 8 nitrogen and oxygen atoms in total. The van der Waals surface area contributed by atoms with Crippen molar-refractivity contribution < 1.29 is 28.8 Å². The molecule has 1 saturated heterocycles. The zero-order valence-electron chi connectivity index (χ0n) is 18.7. The Morgan fingerprint density at radius 3 is 2.34 bits per heavy atom. The number of ether oxygens (including phenoxy) is 4. The molecule has 2 aliphatic rings. The van der Waals surface area contributed by atoms with E-state index in [1.807, 2.05) is 29.2 Å². The van der Waals surface area contributed by atoms with Crippen LogP contribution in [0.15, 0.2) is 36.4 Å². The molecule has 2 heterocycles. The Morgan fingerprint density at radius 1 is 1.06 bits per heavy atom. The van der Waals surface area contributed by atoms with Crippen LogP contribution in [0.4, 0.5) is 4.79 Å². The van der Waals surface area contributed by atoms with Gasteiger partial charge in [0.2, 0.25) is 5.75 Å². The van der Waals surface area contributed by atoms with Gasteiger partial charge in [-0.15, -0.1) is 0 Å². The molecule has 1 fully saturated rings. The molecule has 2 aliphatic heterocycles. The highest BCUT2D eigenvalue weighted by atomic mass is 16.6. The molecule has 0 spiro atoms. The highest BCUT2D eigenvalue weighted by molar-refractivity contribution is 5.73. The van der Waals surface area contributed by atoms with E-state index in [0.29, 0.717) is 41.7 Å². The third-order valence-corrected chi connectivity index (χ3v) is 6.25. The second-order valence-electron chi connectivity index (χ2n) is 8.11. The molecule has 1 amide bonds. The molecule has 0 bridgehead atoms. The van der Waals surface area contributed by atoms with Gasteiger partial charge in [0.05, 0.1) is 34.0 Å². The number of aliphatic hydroxyl groups excluding tert-OH is 1. The Hall–Kier alpha value is -2.97. The average Bonchev–Trinajstić information content (AvgIpc) is 2.83. The molecular weight excluding hydrogens is 412 g/mol.